The lowest BCUT2D eigenvalue weighted by atomic mass is 10.1. The summed E-state index contributed by atoms with van der Waals surface area (Å²) in [6, 6.07) is 15.8. The topological polar surface area (TPSA) is 49.4 Å². The first-order valence-corrected chi connectivity index (χ1v) is 12.1. The number of amides is 2. The Morgan fingerprint density at radius 3 is 2.42 bits per heavy atom. The van der Waals surface area contributed by atoms with Crippen LogP contribution in [0, 0.1) is 5.82 Å². The third kappa shape index (κ3) is 7.10. The van der Waals surface area contributed by atoms with Gasteiger partial charge in [0.05, 0.1) is 0 Å². The fourth-order valence-electron chi connectivity index (χ4n) is 3.99. The molecule has 0 radical (unpaired) electrons. The highest BCUT2D eigenvalue weighted by Gasteiger charge is 2.30. The first-order valence-electron chi connectivity index (χ1n) is 11.1. The zero-order chi connectivity index (χ0) is 22.1. The Hall–Kier alpha value is -2.34. The summed E-state index contributed by atoms with van der Waals surface area (Å²) in [6.45, 7) is 2.23. The zero-order valence-corrected chi connectivity index (χ0v) is 18.9. The second-order valence-corrected chi connectivity index (χ2v) is 9.14. The van der Waals surface area contributed by atoms with E-state index in [1.807, 2.05) is 37.3 Å². The van der Waals surface area contributed by atoms with Gasteiger partial charge in [-0.1, -0.05) is 50.1 Å². The van der Waals surface area contributed by atoms with Gasteiger partial charge in [0.2, 0.25) is 11.8 Å². The van der Waals surface area contributed by atoms with Crippen molar-refractivity contribution in [2.24, 2.45) is 0 Å². The number of nitrogens with zero attached hydrogens (tertiary/aromatic N) is 1. The molecule has 0 saturated heterocycles. The number of hydrogen-bond donors (Lipinski definition) is 1. The summed E-state index contributed by atoms with van der Waals surface area (Å²) in [6.07, 6.45) is 5.15. The lowest BCUT2D eigenvalue weighted by Gasteiger charge is -2.31. The van der Waals surface area contributed by atoms with E-state index >= 15 is 0 Å². The highest BCUT2D eigenvalue weighted by atomic mass is 32.2. The van der Waals surface area contributed by atoms with E-state index in [9.17, 15) is 14.0 Å². The van der Waals surface area contributed by atoms with Crippen molar-refractivity contribution in [3.05, 3.63) is 66.0 Å². The molecule has 4 nitrogen and oxygen atoms in total. The van der Waals surface area contributed by atoms with Crippen LogP contribution in [0.5, 0.6) is 0 Å². The summed E-state index contributed by atoms with van der Waals surface area (Å²) >= 11 is 1.63. The molecule has 2 aromatic carbocycles. The average molecular weight is 443 g/mol. The van der Waals surface area contributed by atoms with Gasteiger partial charge in [0.15, 0.2) is 0 Å². The fourth-order valence-corrected chi connectivity index (χ4v) is 4.85. The predicted molar refractivity (Wildman–Crippen MR) is 123 cm³/mol. The molecule has 1 atom stereocenters. The minimum absolute atomic E-state index is 0.0545. The van der Waals surface area contributed by atoms with Crippen LogP contribution in [0.1, 0.15) is 51.0 Å². The van der Waals surface area contributed by atoms with Crippen LogP contribution in [0.4, 0.5) is 4.39 Å². The molecule has 0 heterocycles. The molecule has 1 aliphatic rings. The molecular formula is C25H31FN2O2S. The average Bonchev–Trinajstić information content (AvgIpc) is 3.28. The molecule has 1 aliphatic carbocycles. The van der Waals surface area contributed by atoms with Crippen LogP contribution >= 0.6 is 11.8 Å². The number of carbonyl (C=O) groups is 2. The molecule has 3 rings (SSSR count). The van der Waals surface area contributed by atoms with E-state index in [0.29, 0.717) is 25.1 Å². The van der Waals surface area contributed by atoms with Gasteiger partial charge in [-0.2, -0.15) is 0 Å². The Kier molecular flexibility index (Phi) is 8.95. The van der Waals surface area contributed by atoms with Crippen molar-refractivity contribution in [1.29, 1.82) is 0 Å². The first kappa shape index (κ1) is 23.3. The van der Waals surface area contributed by atoms with Gasteiger partial charge in [0.25, 0.3) is 0 Å². The minimum Gasteiger partial charge on any atom is -0.352 e. The van der Waals surface area contributed by atoms with E-state index in [0.717, 1.165) is 36.1 Å². The number of benzene rings is 2. The van der Waals surface area contributed by atoms with Crippen LogP contribution < -0.4 is 5.32 Å². The molecule has 1 fully saturated rings. The quantitative estimate of drug-likeness (QED) is 0.516. The van der Waals surface area contributed by atoms with E-state index in [2.05, 4.69) is 5.32 Å². The summed E-state index contributed by atoms with van der Waals surface area (Å²) < 4.78 is 13.3. The SMILES string of the molecule is CC[C@H](C(=O)NC1CCCC1)N(Cc1ccc(F)cc1)C(=O)CCSc1ccccc1. The van der Waals surface area contributed by atoms with E-state index in [4.69, 9.17) is 0 Å². The molecule has 0 aliphatic heterocycles. The molecule has 166 valence electrons. The Morgan fingerprint density at radius 2 is 1.77 bits per heavy atom. The fraction of sp³-hybridized carbons (Fsp3) is 0.440. The molecule has 2 amide bonds. The van der Waals surface area contributed by atoms with Crippen LogP contribution in [0.25, 0.3) is 0 Å². The van der Waals surface area contributed by atoms with Crippen LogP contribution in [-0.4, -0.2) is 34.6 Å². The van der Waals surface area contributed by atoms with E-state index < -0.39 is 6.04 Å². The Bertz CT molecular complexity index is 838. The highest BCUT2D eigenvalue weighted by Crippen LogP contribution is 2.21. The van der Waals surface area contributed by atoms with Gasteiger partial charge in [-0.3, -0.25) is 9.59 Å². The summed E-state index contributed by atoms with van der Waals surface area (Å²) in [5.74, 6) is 0.192. The Balaban J connectivity index is 1.69. The number of carbonyl (C=O) groups excluding carboxylic acids is 2. The summed E-state index contributed by atoms with van der Waals surface area (Å²) in [7, 11) is 0. The van der Waals surface area contributed by atoms with Crippen LogP contribution in [0.2, 0.25) is 0 Å². The number of rotatable bonds is 10. The molecular weight excluding hydrogens is 411 g/mol. The minimum atomic E-state index is -0.528. The number of nitrogens with one attached hydrogen (secondary N) is 1. The lowest BCUT2D eigenvalue weighted by Crippen LogP contribution is -2.51. The van der Waals surface area contributed by atoms with Crippen molar-refractivity contribution in [3.8, 4) is 0 Å². The van der Waals surface area contributed by atoms with Crippen molar-refractivity contribution in [2.45, 2.75) is 69.0 Å². The molecule has 1 N–H and O–H groups in total. The molecule has 0 unspecified atom stereocenters. The summed E-state index contributed by atoms with van der Waals surface area (Å²) in [5.41, 5.74) is 0.817. The lowest BCUT2D eigenvalue weighted by molar-refractivity contribution is -0.141. The van der Waals surface area contributed by atoms with Crippen molar-refractivity contribution in [1.82, 2.24) is 10.2 Å². The maximum atomic E-state index is 13.3. The number of thioether (sulfide) groups is 1. The highest BCUT2D eigenvalue weighted by molar-refractivity contribution is 7.99. The Labute approximate surface area is 188 Å². The maximum Gasteiger partial charge on any atom is 0.243 e. The van der Waals surface area contributed by atoms with Crippen molar-refractivity contribution in [3.63, 3.8) is 0 Å². The van der Waals surface area contributed by atoms with Crippen molar-refractivity contribution in [2.75, 3.05) is 5.75 Å². The third-order valence-corrected chi connectivity index (χ3v) is 6.70. The summed E-state index contributed by atoms with van der Waals surface area (Å²) in [4.78, 5) is 29.0. The molecule has 6 heteroatoms. The zero-order valence-electron chi connectivity index (χ0n) is 18.1. The van der Waals surface area contributed by atoms with Crippen LogP contribution in [-0.2, 0) is 16.1 Å². The monoisotopic (exact) mass is 442 g/mol. The largest absolute Gasteiger partial charge is 0.352 e. The first-order chi connectivity index (χ1) is 15.1. The van der Waals surface area contributed by atoms with E-state index in [-0.39, 0.29) is 23.7 Å². The molecule has 31 heavy (non-hydrogen) atoms. The van der Waals surface area contributed by atoms with Gasteiger partial charge in [0, 0.05) is 29.7 Å². The second-order valence-electron chi connectivity index (χ2n) is 7.97. The molecule has 0 aromatic heterocycles. The third-order valence-electron chi connectivity index (χ3n) is 5.68. The van der Waals surface area contributed by atoms with Gasteiger partial charge in [-0.05, 0) is 49.1 Å². The van der Waals surface area contributed by atoms with Crippen LogP contribution in [0.15, 0.2) is 59.5 Å². The van der Waals surface area contributed by atoms with E-state index in [1.165, 1.54) is 12.1 Å². The maximum absolute atomic E-state index is 13.3. The van der Waals surface area contributed by atoms with Gasteiger partial charge in [0.1, 0.15) is 11.9 Å². The molecule has 1 saturated carbocycles. The second kappa shape index (κ2) is 11.9. The normalized spacial score (nSPS) is 14.9. The van der Waals surface area contributed by atoms with Gasteiger partial charge < -0.3 is 10.2 Å². The molecule has 0 spiro atoms. The standard InChI is InChI=1S/C25H31FN2O2S/c1-2-23(25(30)27-21-8-6-7-9-21)28(18-19-12-14-20(26)15-13-19)24(29)16-17-31-22-10-4-3-5-11-22/h3-5,10-15,21,23H,2,6-9,16-18H2,1H3,(H,27,30)/t23-/m1/s1. The van der Waals surface area contributed by atoms with Crippen molar-refractivity contribution >= 4 is 23.6 Å². The van der Waals surface area contributed by atoms with Gasteiger partial charge in [-0.15, -0.1) is 11.8 Å². The molecule has 2 aromatic rings. The van der Waals surface area contributed by atoms with Gasteiger partial charge in [-0.25, -0.2) is 4.39 Å². The smallest absolute Gasteiger partial charge is 0.243 e. The Morgan fingerprint density at radius 1 is 1.10 bits per heavy atom. The van der Waals surface area contributed by atoms with Gasteiger partial charge >= 0.3 is 0 Å². The number of hydrogen-bond acceptors (Lipinski definition) is 3. The number of halogens is 1. The summed E-state index contributed by atoms with van der Waals surface area (Å²) in [5, 5.41) is 3.14. The van der Waals surface area contributed by atoms with E-state index in [1.54, 1.807) is 28.8 Å². The van der Waals surface area contributed by atoms with Crippen LogP contribution in [0.3, 0.4) is 0 Å². The predicted octanol–water partition coefficient (Wildman–Crippen LogP) is 5.17. The van der Waals surface area contributed by atoms with Crippen molar-refractivity contribution < 1.29 is 14.0 Å². The molecule has 0 bridgehead atoms.